The summed E-state index contributed by atoms with van der Waals surface area (Å²) < 4.78 is 9.66. The van der Waals surface area contributed by atoms with Crippen molar-refractivity contribution in [2.75, 3.05) is 19.6 Å². The van der Waals surface area contributed by atoms with Crippen LogP contribution in [0.1, 0.15) is 16.8 Å². The molecule has 2 atom stereocenters. The number of amides is 4. The van der Waals surface area contributed by atoms with E-state index in [1.807, 2.05) is 42.6 Å². The molecule has 2 aromatic heterocycles. The molecule has 12 heteroatoms. The number of phenolic OH excluding ortho intramolecular Hbond substituents is 1. The Morgan fingerprint density at radius 2 is 1.98 bits per heavy atom. The Balaban J connectivity index is 1.38. The van der Waals surface area contributed by atoms with E-state index in [4.69, 9.17) is 1.12 Å². The molecule has 2 aliphatic rings. The zero-order chi connectivity index (χ0) is 31.5. The molecule has 2 aliphatic heterocycles. The van der Waals surface area contributed by atoms with E-state index in [1.54, 1.807) is 56.5 Å². The van der Waals surface area contributed by atoms with Crippen molar-refractivity contribution in [1.82, 2.24) is 34.1 Å². The zero-order valence-corrected chi connectivity index (χ0v) is 24.8. The monoisotopic (exact) mass is 613 g/mol. The fourth-order valence-electron chi connectivity index (χ4n) is 6.02. The van der Waals surface area contributed by atoms with E-state index >= 15 is 0 Å². The number of hydrogen-bond acceptors (Lipinski definition) is 7. The minimum atomic E-state index is -0.894. The van der Waals surface area contributed by atoms with Crippen LogP contribution in [0, 0.1) is 0 Å². The number of nitrogens with one attached hydrogen (secondary N) is 1. The number of aromatic hydroxyl groups is 1. The number of hydrazine groups is 1. The minimum absolute atomic E-state index is 0.0758. The standard InChI is InChI=1S/C32H33N7O4S/c1-2-15-36-21-29(41)38-27(17-22-9-11-26(40)12-10-22)31(42)35(19-24-7-5-6-23-13-16-37(44)30(23)24)20-28(38)39(36)32(43)34-18-25-8-3-4-14-33-25/h2-14,16,27-28,40,44H,1,15,17-21H2,(H,34,43)/t27-,28-/m0/s1/i44T. The van der Waals surface area contributed by atoms with Gasteiger partial charge >= 0.3 is 6.03 Å². The molecular weight excluding hydrogens is 578 g/mol. The molecule has 0 aliphatic carbocycles. The number of benzene rings is 2. The van der Waals surface area contributed by atoms with Crippen LogP contribution in [-0.4, -0.2) is 84.7 Å². The van der Waals surface area contributed by atoms with Gasteiger partial charge in [0.05, 0.1) is 30.8 Å². The highest BCUT2D eigenvalue weighted by Gasteiger charge is 2.51. The van der Waals surface area contributed by atoms with E-state index in [9.17, 15) is 19.5 Å². The van der Waals surface area contributed by atoms with Gasteiger partial charge in [-0.3, -0.25) is 18.5 Å². The number of pyridine rings is 1. The maximum absolute atomic E-state index is 14.3. The number of urea groups is 1. The van der Waals surface area contributed by atoms with Crippen molar-refractivity contribution < 1.29 is 19.5 Å². The topological polar surface area (TPSA) is 114 Å². The predicted molar refractivity (Wildman–Crippen MR) is 168 cm³/mol. The van der Waals surface area contributed by atoms with Crippen LogP contribution in [0.2, 0.25) is 0 Å². The van der Waals surface area contributed by atoms with Crippen molar-refractivity contribution in [1.29, 1.82) is 1.12 Å². The van der Waals surface area contributed by atoms with Gasteiger partial charge in [0.25, 0.3) is 0 Å². The average molecular weight is 614 g/mol. The third-order valence-corrected chi connectivity index (χ3v) is 8.32. The van der Waals surface area contributed by atoms with Gasteiger partial charge in [-0.15, -0.1) is 6.58 Å². The highest BCUT2D eigenvalue weighted by atomic mass is 32.1. The second kappa shape index (κ2) is 12.4. The molecule has 2 fully saturated rings. The number of fused-ring (bicyclic) bond motifs is 2. The molecule has 0 spiro atoms. The Morgan fingerprint density at radius 1 is 1.14 bits per heavy atom. The molecule has 44 heavy (non-hydrogen) atoms. The molecular formula is C32H33N7O4S. The van der Waals surface area contributed by atoms with Crippen LogP contribution in [0.4, 0.5) is 4.79 Å². The van der Waals surface area contributed by atoms with Crippen molar-refractivity contribution in [3.63, 3.8) is 0 Å². The number of phenols is 1. The maximum Gasteiger partial charge on any atom is 0.334 e. The van der Waals surface area contributed by atoms with Crippen LogP contribution < -0.4 is 5.32 Å². The lowest BCUT2D eigenvalue weighted by Crippen LogP contribution is -2.76. The van der Waals surface area contributed by atoms with Gasteiger partial charge in [-0.25, -0.2) is 14.8 Å². The summed E-state index contributed by atoms with van der Waals surface area (Å²) in [4.78, 5) is 49.5. The number of hydrogen-bond donors (Lipinski definition) is 3. The molecule has 2 N–H and O–H groups in total. The van der Waals surface area contributed by atoms with Crippen LogP contribution >= 0.6 is 12.7 Å². The Kier molecular flexibility index (Phi) is 7.91. The van der Waals surface area contributed by atoms with Crippen LogP contribution in [-0.2, 0) is 29.1 Å². The average Bonchev–Trinajstić information content (AvgIpc) is 3.48. The number of carbonyl (C=O) groups excluding carboxylic acids is 3. The van der Waals surface area contributed by atoms with Gasteiger partial charge in [-0.1, -0.05) is 55.2 Å². The summed E-state index contributed by atoms with van der Waals surface area (Å²) in [5.74, 6) is -0.414. The quantitative estimate of drug-likeness (QED) is 0.198. The van der Waals surface area contributed by atoms with E-state index < -0.39 is 18.2 Å². The van der Waals surface area contributed by atoms with Gasteiger partial charge in [0.2, 0.25) is 11.8 Å². The lowest BCUT2D eigenvalue weighted by Gasteiger charge is -2.55. The molecule has 0 bridgehead atoms. The van der Waals surface area contributed by atoms with Crippen molar-refractivity contribution in [2.45, 2.75) is 31.7 Å². The van der Waals surface area contributed by atoms with E-state index in [1.165, 1.54) is 9.91 Å². The SMILES string of the molecule is [3H]Sn1ccc2cccc(CN3C[C@H]4N(C(=O)CN(CC=C)N4C(=O)NCc4ccccn4)[C@@H](Cc4ccc(O)cc4)C3=O)c21. The summed E-state index contributed by atoms with van der Waals surface area (Å²) in [6.45, 7) is 4.45. The Morgan fingerprint density at radius 3 is 2.73 bits per heavy atom. The molecule has 0 radical (unpaired) electrons. The molecule has 2 saturated heterocycles. The summed E-state index contributed by atoms with van der Waals surface area (Å²) in [7, 11) is 0. The smallest absolute Gasteiger partial charge is 0.334 e. The molecule has 4 amide bonds. The largest absolute Gasteiger partial charge is 0.508 e. The fraction of sp³-hybridized carbons (Fsp3) is 0.250. The Labute approximate surface area is 261 Å². The lowest BCUT2D eigenvalue weighted by atomic mass is 9.98. The van der Waals surface area contributed by atoms with E-state index in [0.29, 0.717) is 5.69 Å². The van der Waals surface area contributed by atoms with Crippen molar-refractivity contribution in [2.24, 2.45) is 0 Å². The van der Waals surface area contributed by atoms with Gasteiger partial charge in [0.15, 0.2) is 0 Å². The van der Waals surface area contributed by atoms with Crippen molar-refractivity contribution in [3.8, 4) is 5.75 Å². The fourth-order valence-corrected chi connectivity index (χ4v) is 6.30. The summed E-state index contributed by atoms with van der Waals surface area (Å²) in [6, 6.07) is 18.4. The molecule has 226 valence electrons. The van der Waals surface area contributed by atoms with Crippen LogP contribution in [0.5, 0.6) is 5.75 Å². The third-order valence-electron chi connectivity index (χ3n) is 8.01. The van der Waals surface area contributed by atoms with Crippen LogP contribution in [0.3, 0.4) is 0 Å². The first-order valence-corrected chi connectivity index (χ1v) is 14.7. The highest BCUT2D eigenvalue weighted by Crippen LogP contribution is 2.31. The second-order valence-electron chi connectivity index (χ2n) is 10.8. The number of para-hydroxylation sites is 1. The predicted octanol–water partition coefficient (Wildman–Crippen LogP) is 3.17. The van der Waals surface area contributed by atoms with Gasteiger partial charge in [-0.05, 0) is 41.5 Å². The molecule has 2 aromatic carbocycles. The highest BCUT2D eigenvalue weighted by molar-refractivity contribution is 7.78. The molecule has 6 rings (SSSR count). The maximum atomic E-state index is 14.3. The van der Waals surface area contributed by atoms with Crippen LogP contribution in [0.15, 0.2) is 91.8 Å². The molecule has 0 saturated carbocycles. The van der Waals surface area contributed by atoms with Crippen LogP contribution in [0.25, 0.3) is 10.9 Å². The Hall–Kier alpha value is -4.81. The second-order valence-corrected chi connectivity index (χ2v) is 11.2. The van der Waals surface area contributed by atoms with Gasteiger partial charge in [0.1, 0.15) is 19.1 Å². The zero-order valence-electron chi connectivity index (χ0n) is 25.0. The number of piperazine rings is 1. The first-order valence-electron chi connectivity index (χ1n) is 14.7. The van der Waals surface area contributed by atoms with Crippen molar-refractivity contribution >= 4 is 41.5 Å². The third kappa shape index (κ3) is 5.73. The molecule has 11 nitrogen and oxygen atoms in total. The first-order chi connectivity index (χ1) is 21.9. The Bertz CT molecular complexity index is 1720. The normalized spacial score (nSPS) is 19.2. The summed E-state index contributed by atoms with van der Waals surface area (Å²) in [5, 5.41) is 16.9. The minimum Gasteiger partial charge on any atom is -0.508 e. The number of aromatic nitrogens is 2. The summed E-state index contributed by atoms with van der Waals surface area (Å²) in [5.41, 5.74) is 3.13. The summed E-state index contributed by atoms with van der Waals surface area (Å²) >= 11 is 0.825. The van der Waals surface area contributed by atoms with E-state index in [-0.39, 0.29) is 56.7 Å². The summed E-state index contributed by atoms with van der Waals surface area (Å²) in [6.07, 6.45) is 4.51. The molecule has 4 heterocycles. The number of carbonyl (C=O) groups is 3. The number of thiol groups is 1. The van der Waals surface area contributed by atoms with Crippen molar-refractivity contribution in [3.05, 3.63) is 109 Å². The number of rotatable bonds is 9. The number of nitrogens with zero attached hydrogens (tertiary/aromatic N) is 6. The van der Waals surface area contributed by atoms with Gasteiger partial charge in [0, 0.05) is 37.3 Å². The molecule has 0 unspecified atom stereocenters. The van der Waals surface area contributed by atoms with E-state index in [0.717, 1.165) is 34.7 Å². The molecule has 4 aromatic rings. The first kappa shape index (κ1) is 28.0. The lowest BCUT2D eigenvalue weighted by molar-refractivity contribution is -0.189. The van der Waals surface area contributed by atoms with Gasteiger partial charge < -0.3 is 20.2 Å². The van der Waals surface area contributed by atoms with Gasteiger partial charge in [-0.2, -0.15) is 0 Å². The van der Waals surface area contributed by atoms with E-state index in [2.05, 4.69) is 16.9 Å².